The van der Waals surface area contributed by atoms with Crippen molar-refractivity contribution in [3.05, 3.63) is 64.3 Å². The molecule has 0 atom stereocenters. The summed E-state index contributed by atoms with van der Waals surface area (Å²) in [6.45, 7) is 1.87. The van der Waals surface area contributed by atoms with Crippen LogP contribution in [0.1, 0.15) is 15.9 Å². The summed E-state index contributed by atoms with van der Waals surface area (Å²) < 4.78 is 27.6. The summed E-state index contributed by atoms with van der Waals surface area (Å²) in [5.41, 5.74) is 2.10. The SMILES string of the molecule is Cc1cc2[nH]c(-c3n[nH]cc3NC(=O)c3c(F)cccc3F)nc2cc1Cl. The first-order chi connectivity index (χ1) is 12.9. The Morgan fingerprint density at radius 3 is 2.70 bits per heavy atom. The molecular weight excluding hydrogens is 376 g/mol. The molecule has 9 heteroatoms. The van der Waals surface area contributed by atoms with Crippen LogP contribution in [0.25, 0.3) is 22.6 Å². The van der Waals surface area contributed by atoms with Crippen LogP contribution in [0, 0.1) is 18.6 Å². The molecule has 2 aromatic carbocycles. The predicted molar refractivity (Wildman–Crippen MR) is 97.7 cm³/mol. The summed E-state index contributed by atoms with van der Waals surface area (Å²) in [7, 11) is 0. The zero-order valence-electron chi connectivity index (χ0n) is 13.9. The lowest BCUT2D eigenvalue weighted by atomic mass is 10.2. The third-order valence-corrected chi connectivity index (χ3v) is 4.47. The highest BCUT2D eigenvalue weighted by Gasteiger charge is 2.20. The molecule has 0 bridgehead atoms. The molecule has 0 aliphatic heterocycles. The fourth-order valence-corrected chi connectivity index (χ4v) is 2.87. The van der Waals surface area contributed by atoms with Crippen molar-refractivity contribution >= 4 is 34.2 Å². The summed E-state index contributed by atoms with van der Waals surface area (Å²) in [5, 5.41) is 9.71. The van der Waals surface area contributed by atoms with Gasteiger partial charge in [-0.25, -0.2) is 13.8 Å². The maximum atomic E-state index is 13.8. The Bertz CT molecular complexity index is 1120. The number of aryl methyl sites for hydroxylation is 1. The van der Waals surface area contributed by atoms with E-state index in [9.17, 15) is 13.6 Å². The Morgan fingerprint density at radius 1 is 1.22 bits per heavy atom. The monoisotopic (exact) mass is 387 g/mol. The van der Waals surface area contributed by atoms with Crippen molar-refractivity contribution in [3.8, 4) is 11.5 Å². The summed E-state index contributed by atoms with van der Waals surface area (Å²) in [6.07, 6.45) is 1.40. The molecule has 2 heterocycles. The lowest BCUT2D eigenvalue weighted by Gasteiger charge is -2.06. The van der Waals surface area contributed by atoms with Gasteiger partial charge in [0.05, 0.1) is 16.7 Å². The average molecular weight is 388 g/mol. The number of nitrogens with one attached hydrogen (secondary N) is 3. The number of amides is 1. The van der Waals surface area contributed by atoms with Crippen LogP contribution in [-0.4, -0.2) is 26.1 Å². The molecule has 136 valence electrons. The second kappa shape index (κ2) is 6.48. The molecule has 0 spiro atoms. The van der Waals surface area contributed by atoms with Gasteiger partial charge >= 0.3 is 0 Å². The topological polar surface area (TPSA) is 86.5 Å². The molecule has 0 saturated carbocycles. The number of fused-ring (bicyclic) bond motifs is 1. The van der Waals surface area contributed by atoms with Gasteiger partial charge in [0.1, 0.15) is 17.2 Å². The highest BCUT2D eigenvalue weighted by molar-refractivity contribution is 6.32. The third-order valence-electron chi connectivity index (χ3n) is 4.06. The van der Waals surface area contributed by atoms with Gasteiger partial charge in [-0.2, -0.15) is 5.10 Å². The minimum Gasteiger partial charge on any atom is -0.337 e. The lowest BCUT2D eigenvalue weighted by Crippen LogP contribution is -2.16. The van der Waals surface area contributed by atoms with Crippen molar-refractivity contribution in [2.75, 3.05) is 5.32 Å². The molecular formula is C18H12ClF2N5O. The van der Waals surface area contributed by atoms with E-state index in [-0.39, 0.29) is 5.69 Å². The van der Waals surface area contributed by atoms with Crippen LogP contribution in [0.5, 0.6) is 0 Å². The number of nitrogens with zero attached hydrogens (tertiary/aromatic N) is 2. The standard InChI is InChI=1S/C18H12ClF2N5O/c1-8-5-12-13(6-9(8)19)24-17(23-12)16-14(7-22-26-16)25-18(27)15-10(20)3-2-4-11(15)21/h2-7H,1H3,(H,22,26)(H,23,24)(H,25,27). The van der Waals surface area contributed by atoms with Gasteiger partial charge in [0.25, 0.3) is 5.91 Å². The van der Waals surface area contributed by atoms with Gasteiger partial charge in [-0.15, -0.1) is 0 Å². The first-order valence-electron chi connectivity index (χ1n) is 7.89. The highest BCUT2D eigenvalue weighted by atomic mass is 35.5. The highest BCUT2D eigenvalue weighted by Crippen LogP contribution is 2.28. The Hall–Kier alpha value is -3.26. The van der Waals surface area contributed by atoms with Crippen LogP contribution >= 0.6 is 11.6 Å². The molecule has 0 radical (unpaired) electrons. The van der Waals surface area contributed by atoms with E-state index in [1.807, 2.05) is 13.0 Å². The minimum absolute atomic E-state index is 0.226. The number of rotatable bonds is 3. The second-order valence-electron chi connectivity index (χ2n) is 5.90. The van der Waals surface area contributed by atoms with Crippen molar-refractivity contribution in [2.45, 2.75) is 6.92 Å². The summed E-state index contributed by atoms with van der Waals surface area (Å²) in [4.78, 5) is 19.8. The summed E-state index contributed by atoms with van der Waals surface area (Å²) >= 11 is 6.12. The zero-order valence-corrected chi connectivity index (χ0v) is 14.7. The number of carbonyl (C=O) groups excluding carboxylic acids is 1. The summed E-state index contributed by atoms with van der Waals surface area (Å²) in [5.74, 6) is -2.46. The zero-order chi connectivity index (χ0) is 19.1. The van der Waals surface area contributed by atoms with Crippen LogP contribution in [0.15, 0.2) is 36.5 Å². The van der Waals surface area contributed by atoms with E-state index in [4.69, 9.17) is 11.6 Å². The largest absolute Gasteiger partial charge is 0.337 e. The molecule has 4 aromatic rings. The number of hydrogen-bond acceptors (Lipinski definition) is 3. The average Bonchev–Trinajstić information content (AvgIpc) is 3.21. The first-order valence-corrected chi connectivity index (χ1v) is 8.27. The van der Waals surface area contributed by atoms with E-state index in [2.05, 4.69) is 25.5 Å². The number of anilines is 1. The molecule has 0 aliphatic rings. The molecule has 0 fully saturated rings. The Kier molecular flexibility index (Phi) is 4.12. The van der Waals surface area contributed by atoms with Crippen molar-refractivity contribution < 1.29 is 13.6 Å². The number of hydrogen-bond donors (Lipinski definition) is 3. The van der Waals surface area contributed by atoms with E-state index < -0.39 is 23.1 Å². The number of benzene rings is 2. The number of aromatic nitrogens is 4. The van der Waals surface area contributed by atoms with Gasteiger partial charge in [0.15, 0.2) is 11.5 Å². The third kappa shape index (κ3) is 3.04. The number of halogens is 3. The van der Waals surface area contributed by atoms with E-state index in [1.54, 1.807) is 6.07 Å². The molecule has 3 N–H and O–H groups in total. The van der Waals surface area contributed by atoms with Gasteiger partial charge in [-0.3, -0.25) is 9.89 Å². The Labute approximate surface area is 156 Å². The molecule has 0 aliphatic carbocycles. The Morgan fingerprint density at radius 2 is 1.96 bits per heavy atom. The quantitative estimate of drug-likeness (QED) is 0.485. The number of H-pyrrole nitrogens is 2. The maximum Gasteiger partial charge on any atom is 0.261 e. The smallest absolute Gasteiger partial charge is 0.261 e. The fourth-order valence-electron chi connectivity index (χ4n) is 2.72. The minimum atomic E-state index is -0.952. The molecule has 1 amide bonds. The first kappa shape index (κ1) is 17.2. The van der Waals surface area contributed by atoms with Gasteiger partial charge < -0.3 is 10.3 Å². The van der Waals surface area contributed by atoms with Gasteiger partial charge in [-0.1, -0.05) is 17.7 Å². The lowest BCUT2D eigenvalue weighted by molar-refractivity contribution is 0.101. The van der Waals surface area contributed by atoms with Gasteiger partial charge in [0, 0.05) is 11.2 Å². The van der Waals surface area contributed by atoms with E-state index in [1.165, 1.54) is 12.3 Å². The second-order valence-corrected chi connectivity index (χ2v) is 6.31. The molecule has 2 aromatic heterocycles. The molecule has 4 rings (SSSR count). The molecule has 0 saturated heterocycles. The Balaban J connectivity index is 1.70. The van der Waals surface area contributed by atoms with Crippen LogP contribution in [0.2, 0.25) is 5.02 Å². The van der Waals surface area contributed by atoms with E-state index in [0.29, 0.717) is 22.1 Å². The van der Waals surface area contributed by atoms with Crippen LogP contribution < -0.4 is 5.32 Å². The maximum absolute atomic E-state index is 13.8. The molecule has 6 nitrogen and oxygen atoms in total. The number of carbonyl (C=O) groups is 1. The van der Waals surface area contributed by atoms with Crippen LogP contribution in [-0.2, 0) is 0 Å². The number of imidazole rings is 1. The predicted octanol–water partition coefficient (Wildman–Crippen LogP) is 4.45. The fraction of sp³-hybridized carbons (Fsp3) is 0.0556. The van der Waals surface area contributed by atoms with Gasteiger partial charge in [-0.05, 0) is 36.8 Å². The van der Waals surface area contributed by atoms with E-state index in [0.717, 1.165) is 23.2 Å². The van der Waals surface area contributed by atoms with Crippen molar-refractivity contribution in [1.29, 1.82) is 0 Å². The van der Waals surface area contributed by atoms with Crippen molar-refractivity contribution in [1.82, 2.24) is 20.2 Å². The number of aromatic amines is 2. The molecule has 27 heavy (non-hydrogen) atoms. The summed E-state index contributed by atoms with van der Waals surface area (Å²) in [6, 6.07) is 6.77. The van der Waals surface area contributed by atoms with Crippen molar-refractivity contribution in [2.24, 2.45) is 0 Å². The van der Waals surface area contributed by atoms with Gasteiger partial charge in [0.2, 0.25) is 0 Å². The van der Waals surface area contributed by atoms with Crippen LogP contribution in [0.3, 0.4) is 0 Å². The van der Waals surface area contributed by atoms with Crippen LogP contribution in [0.4, 0.5) is 14.5 Å². The molecule has 0 unspecified atom stereocenters. The van der Waals surface area contributed by atoms with Crippen molar-refractivity contribution in [3.63, 3.8) is 0 Å². The van der Waals surface area contributed by atoms with E-state index >= 15 is 0 Å². The normalized spacial score (nSPS) is 11.1.